The first kappa shape index (κ1) is 16.6. The molecule has 1 unspecified atom stereocenters. The number of alkyl halides is 3. The summed E-state index contributed by atoms with van der Waals surface area (Å²) in [5, 5.41) is 6.87. The fourth-order valence-corrected chi connectivity index (χ4v) is 5.38. The SMILES string of the molecule is CC1c2[nH]ncc2[C@@H](C2CC2)N1S(=O)(=O)c1ccc(C(F)(F)F)cc1. The number of halogens is 3. The minimum Gasteiger partial charge on any atom is -0.281 e. The van der Waals surface area contributed by atoms with Gasteiger partial charge >= 0.3 is 6.18 Å². The van der Waals surface area contributed by atoms with Gasteiger partial charge in [-0.25, -0.2) is 8.42 Å². The molecule has 1 aromatic carbocycles. The van der Waals surface area contributed by atoms with Crippen molar-refractivity contribution in [3.8, 4) is 0 Å². The highest BCUT2D eigenvalue weighted by Crippen LogP contribution is 2.54. The van der Waals surface area contributed by atoms with Gasteiger partial charge in [0.05, 0.1) is 34.4 Å². The summed E-state index contributed by atoms with van der Waals surface area (Å²) in [6, 6.07) is 2.92. The maximum Gasteiger partial charge on any atom is 0.416 e. The lowest BCUT2D eigenvalue weighted by Crippen LogP contribution is -2.33. The third-order valence-electron chi connectivity index (χ3n) is 4.92. The van der Waals surface area contributed by atoms with Gasteiger partial charge in [0.1, 0.15) is 0 Å². The van der Waals surface area contributed by atoms with Crippen molar-refractivity contribution in [2.75, 3.05) is 0 Å². The molecule has 1 fully saturated rings. The van der Waals surface area contributed by atoms with Crippen LogP contribution >= 0.6 is 0 Å². The van der Waals surface area contributed by atoms with Crippen LogP contribution in [0.15, 0.2) is 35.4 Å². The minimum absolute atomic E-state index is 0.129. The second-order valence-electron chi connectivity index (χ2n) is 6.55. The second kappa shape index (κ2) is 5.31. The Kier molecular flexibility index (Phi) is 3.52. The lowest BCUT2D eigenvalue weighted by molar-refractivity contribution is -0.137. The van der Waals surface area contributed by atoms with Crippen molar-refractivity contribution in [3.05, 3.63) is 47.3 Å². The number of aromatic amines is 1. The van der Waals surface area contributed by atoms with Gasteiger partial charge in [0.2, 0.25) is 10.0 Å². The molecular weight excluding hydrogens is 355 g/mol. The van der Waals surface area contributed by atoms with Crippen molar-refractivity contribution >= 4 is 10.0 Å². The van der Waals surface area contributed by atoms with Crippen molar-refractivity contribution in [2.24, 2.45) is 5.92 Å². The Bertz CT molecular complexity index is 901. The third-order valence-corrected chi connectivity index (χ3v) is 6.88. The number of sulfonamides is 1. The molecule has 1 saturated carbocycles. The lowest BCUT2D eigenvalue weighted by Gasteiger charge is -2.28. The third kappa shape index (κ3) is 2.56. The van der Waals surface area contributed by atoms with E-state index in [1.165, 1.54) is 4.31 Å². The van der Waals surface area contributed by atoms with Crippen LogP contribution in [0.1, 0.15) is 48.7 Å². The molecule has 1 N–H and O–H groups in total. The van der Waals surface area contributed by atoms with Crippen molar-refractivity contribution in [3.63, 3.8) is 0 Å². The lowest BCUT2D eigenvalue weighted by atomic mass is 10.1. The summed E-state index contributed by atoms with van der Waals surface area (Å²) in [6.07, 6.45) is -0.984. The number of hydrogen-bond donors (Lipinski definition) is 1. The average Bonchev–Trinajstić information content (AvgIpc) is 3.18. The summed E-state index contributed by atoms with van der Waals surface area (Å²) in [7, 11) is -3.92. The first-order valence-electron chi connectivity index (χ1n) is 7.95. The van der Waals surface area contributed by atoms with Gasteiger partial charge in [-0.15, -0.1) is 0 Å². The molecule has 1 aliphatic carbocycles. The van der Waals surface area contributed by atoms with E-state index in [1.807, 2.05) is 0 Å². The molecule has 5 nitrogen and oxygen atoms in total. The monoisotopic (exact) mass is 371 g/mol. The number of nitrogens with zero attached hydrogens (tertiary/aromatic N) is 2. The fourth-order valence-electron chi connectivity index (χ4n) is 3.55. The largest absolute Gasteiger partial charge is 0.416 e. The Labute approximate surface area is 142 Å². The van der Waals surface area contributed by atoms with Crippen molar-refractivity contribution in [2.45, 2.75) is 42.9 Å². The number of hydrogen-bond acceptors (Lipinski definition) is 3. The molecule has 0 amide bonds. The molecule has 1 aromatic heterocycles. The molecule has 2 aromatic rings. The summed E-state index contributed by atoms with van der Waals surface area (Å²) in [6.45, 7) is 1.76. The molecule has 0 radical (unpaired) electrons. The highest BCUT2D eigenvalue weighted by atomic mass is 32.2. The maximum absolute atomic E-state index is 13.1. The van der Waals surface area contributed by atoms with Crippen LogP contribution in [-0.4, -0.2) is 22.9 Å². The Morgan fingerprint density at radius 2 is 1.84 bits per heavy atom. The van der Waals surface area contributed by atoms with Crippen molar-refractivity contribution < 1.29 is 21.6 Å². The first-order valence-corrected chi connectivity index (χ1v) is 9.39. The van der Waals surface area contributed by atoms with Gasteiger partial charge in [-0.3, -0.25) is 5.10 Å². The van der Waals surface area contributed by atoms with E-state index in [9.17, 15) is 21.6 Å². The fraction of sp³-hybridized carbons (Fsp3) is 0.438. The van der Waals surface area contributed by atoms with Crippen LogP contribution in [0.3, 0.4) is 0 Å². The number of H-pyrrole nitrogens is 1. The van der Waals surface area contributed by atoms with Crippen LogP contribution in [0.25, 0.3) is 0 Å². The molecule has 9 heteroatoms. The van der Waals surface area contributed by atoms with Crippen molar-refractivity contribution in [1.82, 2.24) is 14.5 Å². The molecule has 134 valence electrons. The predicted molar refractivity (Wildman–Crippen MR) is 82.9 cm³/mol. The van der Waals surface area contributed by atoms with E-state index in [2.05, 4.69) is 10.2 Å². The van der Waals surface area contributed by atoms with E-state index in [0.29, 0.717) is 0 Å². The minimum atomic E-state index is -4.50. The van der Waals surface area contributed by atoms with Crippen LogP contribution in [0.4, 0.5) is 13.2 Å². The molecule has 4 rings (SSSR count). The average molecular weight is 371 g/mol. The van der Waals surface area contributed by atoms with E-state index < -0.39 is 27.8 Å². The van der Waals surface area contributed by atoms with Crippen molar-refractivity contribution in [1.29, 1.82) is 0 Å². The molecule has 2 atom stereocenters. The van der Waals surface area contributed by atoms with E-state index in [-0.39, 0.29) is 16.9 Å². The molecule has 1 aliphatic heterocycles. The Balaban J connectivity index is 1.74. The summed E-state index contributed by atoms with van der Waals surface area (Å²) < 4.78 is 65.8. The number of nitrogens with one attached hydrogen (secondary N) is 1. The molecule has 0 bridgehead atoms. The molecule has 2 heterocycles. The summed E-state index contributed by atoms with van der Waals surface area (Å²) in [4.78, 5) is -0.129. The van der Waals surface area contributed by atoms with Crippen LogP contribution in [0.2, 0.25) is 0 Å². The molecule has 0 spiro atoms. The van der Waals surface area contributed by atoms with Gasteiger partial charge in [0.15, 0.2) is 0 Å². The molecule has 0 saturated heterocycles. The number of aromatic nitrogens is 2. The summed E-state index contributed by atoms with van der Waals surface area (Å²) in [5.41, 5.74) is 0.756. The number of rotatable bonds is 3. The van der Waals surface area contributed by atoms with E-state index in [4.69, 9.17) is 0 Å². The zero-order valence-electron chi connectivity index (χ0n) is 13.3. The van der Waals surface area contributed by atoms with Crippen LogP contribution in [-0.2, 0) is 16.2 Å². The summed E-state index contributed by atoms with van der Waals surface area (Å²) in [5.74, 6) is 0.227. The smallest absolute Gasteiger partial charge is 0.281 e. The van der Waals surface area contributed by atoms with Crippen LogP contribution in [0.5, 0.6) is 0 Å². The Morgan fingerprint density at radius 1 is 1.20 bits per heavy atom. The maximum atomic E-state index is 13.1. The molecule has 2 aliphatic rings. The van der Waals surface area contributed by atoms with Gasteiger partial charge in [-0.05, 0) is 49.9 Å². The first-order chi connectivity index (χ1) is 11.7. The zero-order chi connectivity index (χ0) is 18.0. The molecular formula is C16H16F3N3O2S. The number of fused-ring (bicyclic) bond motifs is 1. The highest BCUT2D eigenvalue weighted by Gasteiger charge is 2.51. The zero-order valence-corrected chi connectivity index (χ0v) is 14.1. The van der Waals surface area contributed by atoms with Gasteiger partial charge in [-0.2, -0.15) is 22.6 Å². The number of benzene rings is 1. The molecule has 25 heavy (non-hydrogen) atoms. The van der Waals surface area contributed by atoms with Crippen LogP contribution < -0.4 is 0 Å². The topological polar surface area (TPSA) is 66.1 Å². The summed E-state index contributed by atoms with van der Waals surface area (Å²) >= 11 is 0. The van der Waals surface area contributed by atoms with E-state index in [0.717, 1.165) is 48.4 Å². The second-order valence-corrected chi connectivity index (χ2v) is 8.40. The van der Waals surface area contributed by atoms with Crippen LogP contribution in [0, 0.1) is 5.92 Å². The quantitative estimate of drug-likeness (QED) is 0.896. The van der Waals surface area contributed by atoms with E-state index in [1.54, 1.807) is 13.1 Å². The van der Waals surface area contributed by atoms with Gasteiger partial charge < -0.3 is 0 Å². The van der Waals surface area contributed by atoms with Gasteiger partial charge in [0, 0.05) is 5.56 Å². The predicted octanol–water partition coefficient (Wildman–Crippen LogP) is 3.65. The Hall–Kier alpha value is -1.87. The van der Waals surface area contributed by atoms with Gasteiger partial charge in [0.25, 0.3) is 0 Å². The standard InChI is InChI=1S/C16H16F3N3O2S/c1-9-14-13(8-20-21-14)15(10-2-3-10)22(9)25(23,24)12-6-4-11(5-7-12)16(17,18)19/h4-10,15H,2-3H2,1H3,(H,20,21)/t9?,15-/m1/s1. The van der Waals surface area contributed by atoms with E-state index >= 15 is 0 Å². The van der Waals surface area contributed by atoms with Gasteiger partial charge in [-0.1, -0.05) is 0 Å². The Morgan fingerprint density at radius 3 is 2.40 bits per heavy atom. The highest BCUT2D eigenvalue weighted by molar-refractivity contribution is 7.89. The normalized spacial score (nSPS) is 24.5.